The lowest BCUT2D eigenvalue weighted by Gasteiger charge is -2.28. The summed E-state index contributed by atoms with van der Waals surface area (Å²) in [6.45, 7) is 4.07. The van der Waals surface area contributed by atoms with Crippen molar-refractivity contribution in [3.8, 4) is 5.75 Å². The Bertz CT molecular complexity index is 884. The minimum absolute atomic E-state index is 0.366. The number of aromatic nitrogens is 1. The Balaban J connectivity index is 1.50. The molecular weight excluding hydrogens is 334 g/mol. The van der Waals surface area contributed by atoms with Crippen molar-refractivity contribution in [1.82, 2.24) is 15.2 Å². The predicted octanol–water partition coefficient (Wildman–Crippen LogP) is 4.17. The van der Waals surface area contributed by atoms with Crippen LogP contribution in [-0.2, 0) is 6.54 Å². The zero-order valence-corrected chi connectivity index (χ0v) is 15.9. The summed E-state index contributed by atoms with van der Waals surface area (Å²) < 4.78 is 5.44. The molecular formula is C23H27N3O. The molecule has 0 aliphatic carbocycles. The molecule has 4 rings (SSSR count). The zero-order valence-electron chi connectivity index (χ0n) is 15.9. The predicted molar refractivity (Wildman–Crippen MR) is 110 cm³/mol. The fourth-order valence-electron chi connectivity index (χ4n) is 4.01. The molecule has 1 aliphatic rings. The summed E-state index contributed by atoms with van der Waals surface area (Å²) in [7, 11) is 1.73. The van der Waals surface area contributed by atoms with E-state index < -0.39 is 0 Å². The first-order valence-corrected chi connectivity index (χ1v) is 9.76. The van der Waals surface area contributed by atoms with Gasteiger partial charge < -0.3 is 10.1 Å². The number of fused-ring (bicyclic) bond motifs is 1. The van der Waals surface area contributed by atoms with Gasteiger partial charge in [0, 0.05) is 30.7 Å². The Kier molecular flexibility index (Phi) is 5.66. The summed E-state index contributed by atoms with van der Waals surface area (Å²) in [6, 6.07) is 19.4. The number of methoxy groups -OCH3 is 1. The molecule has 0 bridgehead atoms. The van der Waals surface area contributed by atoms with Crippen LogP contribution in [0.3, 0.4) is 0 Å². The van der Waals surface area contributed by atoms with Gasteiger partial charge in [-0.1, -0.05) is 36.4 Å². The van der Waals surface area contributed by atoms with Crippen LogP contribution >= 0.6 is 0 Å². The van der Waals surface area contributed by atoms with Gasteiger partial charge in [-0.2, -0.15) is 0 Å². The van der Waals surface area contributed by atoms with E-state index in [1.807, 2.05) is 18.3 Å². The van der Waals surface area contributed by atoms with Gasteiger partial charge in [0.25, 0.3) is 0 Å². The number of nitrogens with one attached hydrogen (secondary N) is 1. The molecule has 1 N–H and O–H groups in total. The quantitative estimate of drug-likeness (QED) is 0.685. The van der Waals surface area contributed by atoms with E-state index in [0.29, 0.717) is 6.04 Å². The molecule has 1 aliphatic heterocycles. The minimum Gasteiger partial charge on any atom is -0.497 e. The average molecular weight is 361 g/mol. The molecule has 0 amide bonds. The Hall–Kier alpha value is -2.43. The van der Waals surface area contributed by atoms with Gasteiger partial charge in [-0.25, -0.2) is 0 Å². The maximum absolute atomic E-state index is 5.44. The van der Waals surface area contributed by atoms with Crippen molar-refractivity contribution in [2.75, 3.05) is 26.7 Å². The SMILES string of the molecule is COc1cccc(C(CNCc2cccc3cccnc23)N2CCCC2)c1. The van der Waals surface area contributed by atoms with Crippen LogP contribution in [0, 0.1) is 0 Å². The van der Waals surface area contributed by atoms with Crippen LogP contribution in [0.15, 0.2) is 60.8 Å². The molecule has 4 nitrogen and oxygen atoms in total. The third kappa shape index (κ3) is 4.12. The molecule has 1 saturated heterocycles. The van der Waals surface area contributed by atoms with Gasteiger partial charge in [0.15, 0.2) is 0 Å². The summed E-state index contributed by atoms with van der Waals surface area (Å²) in [5.74, 6) is 0.926. The van der Waals surface area contributed by atoms with E-state index in [1.54, 1.807) is 7.11 Å². The molecule has 0 saturated carbocycles. The summed E-state index contributed by atoms with van der Waals surface area (Å²) in [4.78, 5) is 7.16. The van der Waals surface area contributed by atoms with Crippen LogP contribution in [0.5, 0.6) is 5.75 Å². The van der Waals surface area contributed by atoms with E-state index in [0.717, 1.165) is 24.4 Å². The second kappa shape index (κ2) is 8.51. The molecule has 0 spiro atoms. The molecule has 0 radical (unpaired) electrons. The van der Waals surface area contributed by atoms with Crippen molar-refractivity contribution < 1.29 is 4.74 Å². The zero-order chi connectivity index (χ0) is 18.5. The number of hydrogen-bond donors (Lipinski definition) is 1. The molecule has 140 valence electrons. The van der Waals surface area contributed by atoms with Gasteiger partial charge in [-0.15, -0.1) is 0 Å². The second-order valence-electron chi connectivity index (χ2n) is 7.16. The highest BCUT2D eigenvalue weighted by atomic mass is 16.5. The average Bonchev–Trinajstić information content (AvgIpc) is 3.26. The summed E-state index contributed by atoms with van der Waals surface area (Å²) in [6.07, 6.45) is 4.44. The number of para-hydroxylation sites is 1. The lowest BCUT2D eigenvalue weighted by Crippen LogP contribution is -2.34. The van der Waals surface area contributed by atoms with Gasteiger partial charge in [-0.3, -0.25) is 9.88 Å². The molecule has 2 aromatic carbocycles. The lowest BCUT2D eigenvalue weighted by molar-refractivity contribution is 0.238. The molecule has 3 aromatic rings. The first kappa shape index (κ1) is 18.0. The van der Waals surface area contributed by atoms with Crippen molar-refractivity contribution in [2.45, 2.75) is 25.4 Å². The first-order valence-electron chi connectivity index (χ1n) is 9.76. The van der Waals surface area contributed by atoms with Crippen molar-refractivity contribution in [3.05, 3.63) is 71.9 Å². The van der Waals surface area contributed by atoms with Crippen LogP contribution in [0.25, 0.3) is 10.9 Å². The largest absolute Gasteiger partial charge is 0.497 e. The molecule has 2 heterocycles. The summed E-state index contributed by atoms with van der Waals surface area (Å²) in [5, 5.41) is 4.88. The fourth-order valence-corrected chi connectivity index (χ4v) is 4.01. The van der Waals surface area contributed by atoms with E-state index in [1.165, 1.54) is 42.4 Å². The Morgan fingerprint density at radius 1 is 1.07 bits per heavy atom. The molecule has 27 heavy (non-hydrogen) atoms. The smallest absolute Gasteiger partial charge is 0.119 e. The van der Waals surface area contributed by atoms with E-state index >= 15 is 0 Å². The van der Waals surface area contributed by atoms with E-state index in [-0.39, 0.29) is 0 Å². The summed E-state index contributed by atoms with van der Waals surface area (Å²) in [5.41, 5.74) is 3.66. The highest BCUT2D eigenvalue weighted by Crippen LogP contribution is 2.27. The van der Waals surface area contributed by atoms with Crippen molar-refractivity contribution in [1.29, 1.82) is 0 Å². The third-order valence-corrected chi connectivity index (χ3v) is 5.43. The second-order valence-corrected chi connectivity index (χ2v) is 7.16. The maximum Gasteiger partial charge on any atom is 0.119 e. The van der Waals surface area contributed by atoms with Gasteiger partial charge in [0.2, 0.25) is 0 Å². The maximum atomic E-state index is 5.44. The van der Waals surface area contributed by atoms with Gasteiger partial charge >= 0.3 is 0 Å². The van der Waals surface area contributed by atoms with Crippen LogP contribution in [0.1, 0.15) is 30.0 Å². The van der Waals surface area contributed by atoms with Gasteiger partial charge in [-0.05, 0) is 55.3 Å². The lowest BCUT2D eigenvalue weighted by atomic mass is 10.0. The highest BCUT2D eigenvalue weighted by Gasteiger charge is 2.23. The number of nitrogens with zero attached hydrogens (tertiary/aromatic N) is 2. The molecule has 4 heteroatoms. The number of pyridine rings is 1. The van der Waals surface area contributed by atoms with E-state index in [4.69, 9.17) is 4.74 Å². The minimum atomic E-state index is 0.366. The van der Waals surface area contributed by atoms with Gasteiger partial charge in [0.05, 0.1) is 12.6 Å². The Labute approximate surface area is 161 Å². The normalized spacial score (nSPS) is 15.9. The van der Waals surface area contributed by atoms with E-state index in [2.05, 4.69) is 57.7 Å². The van der Waals surface area contributed by atoms with E-state index in [9.17, 15) is 0 Å². The number of likely N-dealkylation sites (tertiary alicyclic amines) is 1. The van der Waals surface area contributed by atoms with Crippen molar-refractivity contribution in [2.24, 2.45) is 0 Å². The van der Waals surface area contributed by atoms with Crippen LogP contribution in [0.4, 0.5) is 0 Å². The number of ether oxygens (including phenoxy) is 1. The highest BCUT2D eigenvalue weighted by molar-refractivity contribution is 5.81. The fraction of sp³-hybridized carbons (Fsp3) is 0.348. The molecule has 1 aromatic heterocycles. The topological polar surface area (TPSA) is 37.4 Å². The van der Waals surface area contributed by atoms with Crippen molar-refractivity contribution >= 4 is 10.9 Å². The molecule has 1 atom stereocenters. The standard InChI is InChI=1S/C23H27N3O/c1-27-21-11-5-8-19(15-21)22(26-13-2-3-14-26)17-24-16-20-9-4-7-18-10-6-12-25-23(18)20/h4-12,15,22,24H,2-3,13-14,16-17H2,1H3. The number of benzene rings is 2. The Morgan fingerprint density at radius 3 is 2.74 bits per heavy atom. The summed E-state index contributed by atoms with van der Waals surface area (Å²) >= 11 is 0. The van der Waals surface area contributed by atoms with Crippen LogP contribution < -0.4 is 10.1 Å². The first-order chi connectivity index (χ1) is 13.3. The number of hydrogen-bond acceptors (Lipinski definition) is 4. The molecule has 1 fully saturated rings. The van der Waals surface area contributed by atoms with Crippen molar-refractivity contribution in [3.63, 3.8) is 0 Å². The monoisotopic (exact) mass is 361 g/mol. The number of rotatable bonds is 7. The van der Waals surface area contributed by atoms with Crippen LogP contribution in [-0.4, -0.2) is 36.6 Å². The third-order valence-electron chi connectivity index (χ3n) is 5.43. The van der Waals surface area contributed by atoms with Gasteiger partial charge in [0.1, 0.15) is 5.75 Å². The van der Waals surface area contributed by atoms with Crippen LogP contribution in [0.2, 0.25) is 0 Å². The Morgan fingerprint density at radius 2 is 1.89 bits per heavy atom. The molecule has 1 unspecified atom stereocenters.